The molecule has 5 heteroatoms. The van der Waals surface area contributed by atoms with Crippen molar-refractivity contribution in [3.05, 3.63) is 10.4 Å². The maximum atomic E-state index is 11.6. The van der Waals surface area contributed by atoms with E-state index in [0.29, 0.717) is 16.5 Å². The number of amides is 1. The Kier molecular flexibility index (Phi) is 4.11. The van der Waals surface area contributed by atoms with Gasteiger partial charge in [-0.2, -0.15) is 0 Å². The lowest BCUT2D eigenvalue weighted by Crippen LogP contribution is -2.26. The SMILES string of the molecule is CN(CC1CCCCC1)c1sc(C(N)=O)c(N)c1C1CC1. The lowest BCUT2D eigenvalue weighted by atomic mass is 9.89. The van der Waals surface area contributed by atoms with Crippen molar-refractivity contribution in [1.82, 2.24) is 0 Å². The highest BCUT2D eigenvalue weighted by atomic mass is 32.1. The van der Waals surface area contributed by atoms with Crippen molar-refractivity contribution in [2.75, 3.05) is 24.2 Å². The first-order valence-corrected chi connectivity index (χ1v) is 8.82. The molecule has 21 heavy (non-hydrogen) atoms. The second kappa shape index (κ2) is 5.87. The second-order valence-electron chi connectivity index (χ2n) is 6.59. The number of carbonyl (C=O) groups is 1. The Morgan fingerprint density at radius 1 is 1.24 bits per heavy atom. The van der Waals surface area contributed by atoms with Gasteiger partial charge in [0.1, 0.15) is 4.88 Å². The molecule has 0 unspecified atom stereocenters. The molecular formula is C16H25N3OS. The number of nitrogens with zero attached hydrogens (tertiary/aromatic N) is 1. The van der Waals surface area contributed by atoms with Crippen LogP contribution in [0.25, 0.3) is 0 Å². The molecule has 0 aromatic carbocycles. The van der Waals surface area contributed by atoms with Crippen molar-refractivity contribution in [2.45, 2.75) is 50.9 Å². The highest BCUT2D eigenvalue weighted by molar-refractivity contribution is 7.18. The molecule has 0 spiro atoms. The highest BCUT2D eigenvalue weighted by Gasteiger charge is 2.34. The van der Waals surface area contributed by atoms with Crippen LogP contribution in [0.4, 0.5) is 10.7 Å². The topological polar surface area (TPSA) is 72.3 Å². The lowest BCUT2D eigenvalue weighted by molar-refractivity contribution is 0.100. The molecule has 0 atom stereocenters. The number of rotatable bonds is 5. The third kappa shape index (κ3) is 3.03. The van der Waals surface area contributed by atoms with Crippen LogP contribution in [-0.4, -0.2) is 19.5 Å². The van der Waals surface area contributed by atoms with E-state index in [2.05, 4.69) is 11.9 Å². The summed E-state index contributed by atoms with van der Waals surface area (Å²) in [6, 6.07) is 0. The van der Waals surface area contributed by atoms with Crippen molar-refractivity contribution in [3.8, 4) is 0 Å². The molecule has 0 radical (unpaired) electrons. The maximum Gasteiger partial charge on any atom is 0.260 e. The Morgan fingerprint density at radius 2 is 1.90 bits per heavy atom. The van der Waals surface area contributed by atoms with E-state index in [1.165, 1.54) is 66.8 Å². The van der Waals surface area contributed by atoms with Gasteiger partial charge in [0.15, 0.2) is 0 Å². The molecule has 1 aromatic rings. The van der Waals surface area contributed by atoms with Crippen LogP contribution in [0.15, 0.2) is 0 Å². The van der Waals surface area contributed by atoms with Crippen LogP contribution < -0.4 is 16.4 Å². The predicted octanol–water partition coefficient (Wildman–Crippen LogP) is 3.32. The first-order valence-electron chi connectivity index (χ1n) is 8.01. The largest absolute Gasteiger partial charge is 0.397 e. The molecule has 3 rings (SSSR count). The van der Waals surface area contributed by atoms with E-state index in [1.54, 1.807) is 0 Å². The first kappa shape index (κ1) is 14.7. The van der Waals surface area contributed by atoms with Gasteiger partial charge in [-0.3, -0.25) is 4.79 Å². The van der Waals surface area contributed by atoms with Crippen LogP contribution in [0.1, 0.15) is 66.1 Å². The summed E-state index contributed by atoms with van der Waals surface area (Å²) in [7, 11) is 2.14. The summed E-state index contributed by atoms with van der Waals surface area (Å²) in [4.78, 5) is 14.4. The molecule has 4 N–H and O–H groups in total. The van der Waals surface area contributed by atoms with E-state index >= 15 is 0 Å². The minimum atomic E-state index is -0.392. The Balaban J connectivity index is 1.82. The van der Waals surface area contributed by atoms with Gasteiger partial charge in [0.25, 0.3) is 5.91 Å². The van der Waals surface area contributed by atoms with Gasteiger partial charge in [0.05, 0.1) is 10.7 Å². The number of nitrogen functional groups attached to an aromatic ring is 1. The molecule has 0 saturated heterocycles. The summed E-state index contributed by atoms with van der Waals surface area (Å²) in [5.74, 6) is 0.922. The zero-order valence-corrected chi connectivity index (χ0v) is 13.5. The first-order chi connectivity index (χ1) is 10.1. The zero-order chi connectivity index (χ0) is 15.0. The number of nitrogens with two attached hydrogens (primary N) is 2. The van der Waals surface area contributed by atoms with Gasteiger partial charge in [0.2, 0.25) is 0 Å². The highest BCUT2D eigenvalue weighted by Crippen LogP contribution is 2.51. The average Bonchev–Trinajstić information content (AvgIpc) is 3.22. The molecule has 116 valence electrons. The molecule has 1 heterocycles. The van der Waals surface area contributed by atoms with Crippen molar-refractivity contribution >= 4 is 27.9 Å². The Bertz CT molecular complexity index is 530. The molecular weight excluding hydrogens is 282 g/mol. The molecule has 2 aliphatic rings. The minimum Gasteiger partial charge on any atom is -0.397 e. The van der Waals surface area contributed by atoms with E-state index in [-0.39, 0.29) is 0 Å². The van der Waals surface area contributed by atoms with Crippen molar-refractivity contribution in [1.29, 1.82) is 0 Å². The van der Waals surface area contributed by atoms with Gasteiger partial charge in [0, 0.05) is 19.2 Å². The fourth-order valence-electron chi connectivity index (χ4n) is 3.52. The molecule has 2 saturated carbocycles. The second-order valence-corrected chi connectivity index (χ2v) is 7.59. The quantitative estimate of drug-likeness (QED) is 0.876. The Morgan fingerprint density at radius 3 is 2.48 bits per heavy atom. The van der Waals surface area contributed by atoms with Crippen LogP contribution in [0.2, 0.25) is 0 Å². The summed E-state index contributed by atoms with van der Waals surface area (Å²) in [6.45, 7) is 1.07. The van der Waals surface area contributed by atoms with Crippen LogP contribution in [0.3, 0.4) is 0 Å². The number of anilines is 2. The fraction of sp³-hybridized carbons (Fsp3) is 0.688. The van der Waals surface area contributed by atoms with Gasteiger partial charge < -0.3 is 16.4 Å². The molecule has 2 fully saturated rings. The predicted molar refractivity (Wildman–Crippen MR) is 89.1 cm³/mol. The van der Waals surface area contributed by atoms with E-state index < -0.39 is 5.91 Å². The van der Waals surface area contributed by atoms with Crippen LogP contribution in [-0.2, 0) is 0 Å². The zero-order valence-electron chi connectivity index (χ0n) is 12.7. The molecule has 2 aliphatic carbocycles. The van der Waals surface area contributed by atoms with E-state index in [0.717, 1.165) is 12.5 Å². The molecule has 0 bridgehead atoms. The van der Waals surface area contributed by atoms with E-state index in [9.17, 15) is 4.79 Å². The summed E-state index contributed by atoms with van der Waals surface area (Å²) in [5.41, 5.74) is 13.5. The van der Waals surface area contributed by atoms with Gasteiger partial charge >= 0.3 is 0 Å². The summed E-state index contributed by atoms with van der Waals surface area (Å²) >= 11 is 1.49. The molecule has 4 nitrogen and oxygen atoms in total. The fourth-order valence-corrected chi connectivity index (χ4v) is 4.65. The third-order valence-electron chi connectivity index (χ3n) is 4.78. The lowest BCUT2D eigenvalue weighted by Gasteiger charge is -2.28. The van der Waals surface area contributed by atoms with Gasteiger partial charge in [-0.05, 0) is 37.5 Å². The summed E-state index contributed by atoms with van der Waals surface area (Å²) in [6.07, 6.45) is 9.11. The summed E-state index contributed by atoms with van der Waals surface area (Å²) < 4.78 is 0. The molecule has 0 aliphatic heterocycles. The van der Waals surface area contributed by atoms with E-state index in [1.807, 2.05) is 0 Å². The molecule has 1 amide bonds. The van der Waals surface area contributed by atoms with Crippen molar-refractivity contribution in [2.24, 2.45) is 11.7 Å². The van der Waals surface area contributed by atoms with Crippen LogP contribution >= 0.6 is 11.3 Å². The van der Waals surface area contributed by atoms with Crippen LogP contribution in [0.5, 0.6) is 0 Å². The number of carbonyl (C=O) groups excluding carboxylic acids is 1. The van der Waals surface area contributed by atoms with Gasteiger partial charge in [-0.1, -0.05) is 19.3 Å². The van der Waals surface area contributed by atoms with Gasteiger partial charge in [-0.25, -0.2) is 0 Å². The maximum absolute atomic E-state index is 11.6. The van der Waals surface area contributed by atoms with Crippen molar-refractivity contribution < 1.29 is 4.79 Å². The number of thiophene rings is 1. The van der Waals surface area contributed by atoms with Crippen molar-refractivity contribution in [3.63, 3.8) is 0 Å². The monoisotopic (exact) mass is 307 g/mol. The standard InChI is InChI=1S/C16H25N3OS/c1-19(9-10-5-3-2-4-6-10)16-12(11-7-8-11)13(17)14(21-16)15(18)20/h10-11H,2-9,17H2,1H3,(H2,18,20). The normalized spacial score (nSPS) is 19.7. The smallest absolute Gasteiger partial charge is 0.260 e. The number of hydrogen-bond acceptors (Lipinski definition) is 4. The van der Waals surface area contributed by atoms with Gasteiger partial charge in [-0.15, -0.1) is 11.3 Å². The molecule has 1 aromatic heterocycles. The minimum absolute atomic E-state index is 0.392. The Hall–Kier alpha value is -1.23. The number of hydrogen-bond donors (Lipinski definition) is 2. The third-order valence-corrected chi connectivity index (χ3v) is 6.13. The van der Waals surface area contributed by atoms with E-state index in [4.69, 9.17) is 11.5 Å². The van der Waals surface area contributed by atoms with Crippen LogP contribution in [0, 0.1) is 5.92 Å². The summed E-state index contributed by atoms with van der Waals surface area (Å²) in [5, 5.41) is 1.18. The Labute approximate surface area is 130 Å². The average molecular weight is 307 g/mol. The number of primary amides is 1.